The Balaban J connectivity index is 1.80. The van der Waals surface area contributed by atoms with E-state index in [1.165, 1.54) is 27.6 Å². The first-order valence-corrected chi connectivity index (χ1v) is 15.8. The summed E-state index contributed by atoms with van der Waals surface area (Å²) in [5.74, 6) is 0.367. The molecule has 5 nitrogen and oxygen atoms in total. The van der Waals surface area contributed by atoms with E-state index in [0.29, 0.717) is 23.5 Å². The van der Waals surface area contributed by atoms with E-state index in [1.807, 2.05) is 36.4 Å². The molecule has 1 aliphatic rings. The van der Waals surface area contributed by atoms with E-state index in [0.717, 1.165) is 5.56 Å². The number of carboxylic acid groups (broad SMARTS) is 1. The van der Waals surface area contributed by atoms with Crippen molar-refractivity contribution in [2.24, 2.45) is 0 Å². The van der Waals surface area contributed by atoms with Gasteiger partial charge in [-0.05, 0) is 0 Å². The molecule has 1 amide bonds. The molecule has 0 bridgehead atoms. The van der Waals surface area contributed by atoms with Crippen LogP contribution in [-0.4, -0.2) is 38.7 Å². The third kappa shape index (κ3) is 6.03. The molecule has 2 aromatic carbocycles. The minimum atomic E-state index is -2.00. The molecule has 2 aromatic rings. The van der Waals surface area contributed by atoms with Crippen molar-refractivity contribution in [2.45, 2.75) is 40.5 Å². The van der Waals surface area contributed by atoms with Crippen LogP contribution in [0.5, 0.6) is 11.5 Å². The average Bonchev–Trinajstić information content (AvgIpc) is 2.68. The summed E-state index contributed by atoms with van der Waals surface area (Å²) in [7, 11) is 0. The molecular formula is C21H24InNO4. The summed E-state index contributed by atoms with van der Waals surface area (Å²) in [6, 6.07) is 14.8. The van der Waals surface area contributed by atoms with Gasteiger partial charge in [0.2, 0.25) is 0 Å². The van der Waals surface area contributed by atoms with E-state index in [9.17, 15) is 9.59 Å². The number of aliphatic carboxylic acids is 1. The number of hydrogen-bond acceptors (Lipinski definition) is 3. The molecule has 3 rings (SSSR count). The van der Waals surface area contributed by atoms with Gasteiger partial charge in [-0.2, -0.15) is 0 Å². The average molecular weight is 469 g/mol. The third-order valence-corrected chi connectivity index (χ3v) is 13.1. The number of benzene rings is 2. The van der Waals surface area contributed by atoms with Crippen molar-refractivity contribution < 1.29 is 19.4 Å². The van der Waals surface area contributed by atoms with Gasteiger partial charge in [-0.1, -0.05) is 0 Å². The van der Waals surface area contributed by atoms with Gasteiger partial charge in [0.1, 0.15) is 0 Å². The second kappa shape index (κ2) is 9.83. The maximum absolute atomic E-state index is 12.9. The number of carbonyl (C=O) groups excluding carboxylic acids is 1. The number of amides is 1. The van der Waals surface area contributed by atoms with E-state index in [4.69, 9.17) is 9.84 Å². The Morgan fingerprint density at radius 3 is 2.44 bits per heavy atom. The molecule has 0 spiro atoms. The van der Waals surface area contributed by atoms with Gasteiger partial charge in [-0.3, -0.25) is 0 Å². The van der Waals surface area contributed by atoms with Gasteiger partial charge in [0, 0.05) is 0 Å². The number of carbonyl (C=O) groups is 2. The van der Waals surface area contributed by atoms with Crippen LogP contribution in [0.3, 0.4) is 0 Å². The molecule has 0 aliphatic carbocycles. The van der Waals surface area contributed by atoms with Crippen molar-refractivity contribution in [3.8, 4) is 11.5 Å². The number of ether oxygens (including phenoxy) is 1. The van der Waals surface area contributed by atoms with E-state index < -0.39 is 27.7 Å². The van der Waals surface area contributed by atoms with Crippen LogP contribution in [0, 0.1) is 0 Å². The van der Waals surface area contributed by atoms with Gasteiger partial charge < -0.3 is 0 Å². The molecule has 0 aromatic heterocycles. The van der Waals surface area contributed by atoms with Crippen LogP contribution < -0.4 is 8.04 Å². The molecule has 1 saturated heterocycles. The molecular weight excluding hydrogens is 445 g/mol. The first-order chi connectivity index (χ1) is 13.1. The standard InChI is InChI=1S/C16H15NO4.C5H10.In/c17-16(20)14-10-13(21-12-4-2-1-3-5-12)8-6-11(14)7-9-15(18)19;1-3-5-4-2;/h1-6,8,10H,7,9H2,(H3,17,18,19,20);1-5H2;/q;;+1/p-1. The first-order valence-electron chi connectivity index (χ1n) is 9.50. The van der Waals surface area contributed by atoms with Crippen LogP contribution in [0.25, 0.3) is 0 Å². The zero-order valence-electron chi connectivity index (χ0n) is 15.3. The van der Waals surface area contributed by atoms with Gasteiger partial charge in [-0.25, -0.2) is 0 Å². The minimum absolute atomic E-state index is 0.00583. The SMILES string of the molecule is O=C(O)CCc1ccc(Oc2ccccc2)cc1C(=O)[NH][In]1[CH2]CCC[CH2]1. The van der Waals surface area contributed by atoms with Crippen LogP contribution in [-0.2, 0) is 11.2 Å². The molecule has 140 valence electrons. The maximum atomic E-state index is 12.9. The number of hydrogen-bond donors (Lipinski definition) is 2. The fourth-order valence-electron chi connectivity index (χ4n) is 3.42. The summed E-state index contributed by atoms with van der Waals surface area (Å²) in [4.78, 5) is 23.9. The van der Waals surface area contributed by atoms with E-state index in [2.05, 4.69) is 3.30 Å². The second-order valence-electron chi connectivity index (χ2n) is 6.94. The van der Waals surface area contributed by atoms with E-state index >= 15 is 0 Å². The first kappa shape index (κ1) is 19.8. The van der Waals surface area contributed by atoms with Crippen molar-refractivity contribution in [2.75, 3.05) is 0 Å². The monoisotopic (exact) mass is 469 g/mol. The summed E-state index contributed by atoms with van der Waals surface area (Å²) >= 11 is -2.00. The van der Waals surface area contributed by atoms with Crippen molar-refractivity contribution >= 4 is 33.6 Å². The molecule has 27 heavy (non-hydrogen) atoms. The normalized spacial score (nSPS) is 13.9. The molecule has 2 N–H and O–H groups in total. The zero-order chi connectivity index (χ0) is 19.1. The molecule has 0 radical (unpaired) electrons. The molecule has 1 aliphatic heterocycles. The zero-order valence-corrected chi connectivity index (χ0v) is 18.6. The number of rotatable bonds is 7. The Labute approximate surface area is 167 Å². The van der Waals surface area contributed by atoms with Crippen LogP contribution in [0.4, 0.5) is 0 Å². The second-order valence-corrected chi connectivity index (χ2v) is 15.0. The molecule has 1 heterocycles. The number of carboxylic acids is 1. The Kier molecular flexibility index (Phi) is 7.21. The van der Waals surface area contributed by atoms with Crippen molar-refractivity contribution in [3.63, 3.8) is 0 Å². The Morgan fingerprint density at radius 1 is 1.00 bits per heavy atom. The van der Waals surface area contributed by atoms with Crippen LogP contribution in [0.2, 0.25) is 8.35 Å². The summed E-state index contributed by atoms with van der Waals surface area (Å²) in [6.45, 7) is 0. The predicted molar refractivity (Wildman–Crippen MR) is 106 cm³/mol. The number of para-hydroxylation sites is 1. The fourth-order valence-corrected chi connectivity index (χ4v) is 11.0. The van der Waals surface area contributed by atoms with Crippen LogP contribution >= 0.6 is 0 Å². The molecule has 0 atom stereocenters. The van der Waals surface area contributed by atoms with Crippen LogP contribution in [0.1, 0.15) is 41.6 Å². The molecule has 0 saturated carbocycles. The summed E-state index contributed by atoms with van der Waals surface area (Å²) in [6.07, 6.45) is 4.07. The Hall–Kier alpha value is -1.95. The Bertz CT molecular complexity index is 788. The molecule has 6 heteroatoms. The van der Waals surface area contributed by atoms with Crippen molar-refractivity contribution in [1.29, 1.82) is 0 Å². The predicted octanol–water partition coefficient (Wildman–Crippen LogP) is 4.40. The van der Waals surface area contributed by atoms with Gasteiger partial charge >= 0.3 is 168 Å². The summed E-state index contributed by atoms with van der Waals surface area (Å²) in [5.41, 5.74) is 1.31. The molecule has 1 fully saturated rings. The van der Waals surface area contributed by atoms with Gasteiger partial charge in [0.15, 0.2) is 0 Å². The van der Waals surface area contributed by atoms with Gasteiger partial charge in [0.05, 0.1) is 0 Å². The van der Waals surface area contributed by atoms with Crippen molar-refractivity contribution in [1.82, 2.24) is 3.30 Å². The van der Waals surface area contributed by atoms with E-state index in [-0.39, 0.29) is 12.3 Å². The van der Waals surface area contributed by atoms with Crippen molar-refractivity contribution in [3.05, 3.63) is 59.7 Å². The number of nitrogens with one attached hydrogen (secondary N) is 1. The Morgan fingerprint density at radius 2 is 1.74 bits per heavy atom. The van der Waals surface area contributed by atoms with Gasteiger partial charge in [0.25, 0.3) is 0 Å². The quantitative estimate of drug-likeness (QED) is 0.631. The summed E-state index contributed by atoms with van der Waals surface area (Å²) in [5, 5.41) is 9.00. The van der Waals surface area contributed by atoms with Crippen LogP contribution in [0.15, 0.2) is 48.5 Å². The van der Waals surface area contributed by atoms with Gasteiger partial charge in [-0.15, -0.1) is 0 Å². The summed E-state index contributed by atoms with van der Waals surface area (Å²) < 4.78 is 11.6. The fraction of sp³-hybridized carbons (Fsp3) is 0.333. The van der Waals surface area contributed by atoms with E-state index in [1.54, 1.807) is 12.1 Å². The molecule has 0 unspecified atom stereocenters. The third-order valence-electron chi connectivity index (χ3n) is 4.85. The number of aryl methyl sites for hydroxylation is 1. The topological polar surface area (TPSA) is 75.6 Å².